The Morgan fingerprint density at radius 2 is 1.90 bits per heavy atom. The van der Waals surface area contributed by atoms with Gasteiger partial charge in [0.1, 0.15) is 0 Å². The van der Waals surface area contributed by atoms with Crippen molar-refractivity contribution in [3.8, 4) is 0 Å². The van der Waals surface area contributed by atoms with E-state index in [1.807, 2.05) is 19.1 Å². The van der Waals surface area contributed by atoms with Crippen molar-refractivity contribution in [2.45, 2.75) is 13.3 Å². The predicted octanol–water partition coefficient (Wildman–Crippen LogP) is 1.02. The molecule has 0 saturated heterocycles. The topological polar surface area (TPSA) is 52.0 Å². The highest BCUT2D eigenvalue weighted by molar-refractivity contribution is 5.32. The summed E-state index contributed by atoms with van der Waals surface area (Å²) in [4.78, 5) is 0. The summed E-state index contributed by atoms with van der Waals surface area (Å²) in [6, 6.07) is 0. The minimum absolute atomic E-state index is 0.740. The maximum Gasteiger partial charge on any atom is 0.0334 e. The lowest BCUT2D eigenvalue weighted by atomic mass is 10.2. The number of rotatable bonds is 0. The average Bonchev–Trinajstić information content (AvgIpc) is 1.93. The van der Waals surface area contributed by atoms with E-state index < -0.39 is 0 Å². The molecule has 0 spiro atoms. The van der Waals surface area contributed by atoms with E-state index in [0.29, 0.717) is 0 Å². The molecule has 1 aliphatic carbocycles. The SMILES string of the molecule is CC1=CC(N)=CC(N)=CC1. The van der Waals surface area contributed by atoms with Crippen LogP contribution < -0.4 is 11.5 Å². The zero-order valence-electron chi connectivity index (χ0n) is 6.09. The van der Waals surface area contributed by atoms with E-state index in [0.717, 1.165) is 17.8 Å². The molecule has 0 aliphatic heterocycles. The Balaban J connectivity index is 2.90. The molecule has 0 aromatic carbocycles. The molecule has 1 rings (SSSR count). The van der Waals surface area contributed by atoms with Crippen LogP contribution in [0.2, 0.25) is 0 Å². The lowest BCUT2D eigenvalue weighted by molar-refractivity contribution is 1.19. The summed E-state index contributed by atoms with van der Waals surface area (Å²) in [7, 11) is 0. The first kappa shape index (κ1) is 6.93. The zero-order valence-corrected chi connectivity index (χ0v) is 6.09. The summed E-state index contributed by atoms with van der Waals surface area (Å²) in [5.74, 6) is 0. The van der Waals surface area contributed by atoms with Gasteiger partial charge in [0.15, 0.2) is 0 Å². The van der Waals surface area contributed by atoms with Crippen LogP contribution in [0.3, 0.4) is 0 Å². The highest BCUT2D eigenvalue weighted by atomic mass is 14.6. The third-order valence-corrected chi connectivity index (χ3v) is 1.41. The Morgan fingerprint density at radius 1 is 1.20 bits per heavy atom. The van der Waals surface area contributed by atoms with E-state index in [2.05, 4.69) is 0 Å². The number of hydrogen-bond donors (Lipinski definition) is 2. The van der Waals surface area contributed by atoms with E-state index in [-0.39, 0.29) is 0 Å². The Morgan fingerprint density at radius 3 is 2.60 bits per heavy atom. The van der Waals surface area contributed by atoms with E-state index in [1.165, 1.54) is 5.57 Å². The minimum atomic E-state index is 0.740. The van der Waals surface area contributed by atoms with Crippen LogP contribution in [0.15, 0.2) is 35.2 Å². The molecule has 0 saturated carbocycles. The van der Waals surface area contributed by atoms with Crippen molar-refractivity contribution in [2.75, 3.05) is 0 Å². The fourth-order valence-electron chi connectivity index (χ4n) is 0.915. The van der Waals surface area contributed by atoms with Crippen molar-refractivity contribution in [3.63, 3.8) is 0 Å². The summed E-state index contributed by atoms with van der Waals surface area (Å²) in [6.07, 6.45) is 6.58. The van der Waals surface area contributed by atoms with Crippen LogP contribution in [0.1, 0.15) is 13.3 Å². The Hall–Kier alpha value is -1.18. The highest BCUT2D eigenvalue weighted by Crippen LogP contribution is 2.09. The van der Waals surface area contributed by atoms with Crippen LogP contribution in [0.25, 0.3) is 0 Å². The number of nitrogens with two attached hydrogens (primary N) is 2. The number of allylic oxidation sites excluding steroid dienone is 4. The quantitative estimate of drug-likeness (QED) is 0.522. The molecular weight excluding hydrogens is 124 g/mol. The van der Waals surface area contributed by atoms with Crippen LogP contribution in [0.5, 0.6) is 0 Å². The summed E-state index contributed by atoms with van der Waals surface area (Å²) >= 11 is 0. The smallest absolute Gasteiger partial charge is 0.0334 e. The first-order valence-corrected chi connectivity index (χ1v) is 3.28. The van der Waals surface area contributed by atoms with Gasteiger partial charge < -0.3 is 11.5 Å². The van der Waals surface area contributed by atoms with Crippen molar-refractivity contribution in [1.29, 1.82) is 0 Å². The zero-order chi connectivity index (χ0) is 7.56. The van der Waals surface area contributed by atoms with Gasteiger partial charge in [0, 0.05) is 11.4 Å². The van der Waals surface area contributed by atoms with Crippen molar-refractivity contribution in [3.05, 3.63) is 35.2 Å². The molecular formula is C8H12N2. The Kier molecular flexibility index (Phi) is 1.81. The van der Waals surface area contributed by atoms with Gasteiger partial charge in [0.25, 0.3) is 0 Å². The second-order valence-electron chi connectivity index (χ2n) is 2.54. The molecule has 0 heterocycles. The summed E-state index contributed by atoms with van der Waals surface area (Å²) in [5, 5.41) is 0. The first-order chi connectivity index (χ1) is 4.68. The van der Waals surface area contributed by atoms with Crippen molar-refractivity contribution < 1.29 is 0 Å². The van der Waals surface area contributed by atoms with Crippen LogP contribution in [0.4, 0.5) is 0 Å². The molecule has 0 fully saturated rings. The predicted molar refractivity (Wildman–Crippen MR) is 42.9 cm³/mol. The monoisotopic (exact) mass is 136 g/mol. The normalized spacial score (nSPS) is 18.7. The first-order valence-electron chi connectivity index (χ1n) is 3.28. The molecule has 10 heavy (non-hydrogen) atoms. The summed E-state index contributed by atoms with van der Waals surface area (Å²) < 4.78 is 0. The fraction of sp³-hybridized carbons (Fsp3) is 0.250. The second-order valence-corrected chi connectivity index (χ2v) is 2.54. The fourth-order valence-corrected chi connectivity index (χ4v) is 0.915. The van der Waals surface area contributed by atoms with E-state index >= 15 is 0 Å². The summed E-state index contributed by atoms with van der Waals surface area (Å²) in [5.41, 5.74) is 13.9. The highest BCUT2D eigenvalue weighted by Gasteiger charge is 1.95. The average molecular weight is 136 g/mol. The van der Waals surface area contributed by atoms with Gasteiger partial charge in [-0.25, -0.2) is 0 Å². The van der Waals surface area contributed by atoms with Crippen molar-refractivity contribution in [2.24, 2.45) is 11.5 Å². The minimum Gasteiger partial charge on any atom is -0.399 e. The maximum atomic E-state index is 5.58. The maximum absolute atomic E-state index is 5.58. The van der Waals surface area contributed by atoms with Gasteiger partial charge in [-0.05, 0) is 25.5 Å². The van der Waals surface area contributed by atoms with Crippen LogP contribution >= 0.6 is 0 Å². The van der Waals surface area contributed by atoms with E-state index in [4.69, 9.17) is 11.5 Å². The lowest BCUT2D eigenvalue weighted by Crippen LogP contribution is -1.97. The number of hydrogen-bond acceptors (Lipinski definition) is 2. The molecule has 0 bridgehead atoms. The van der Waals surface area contributed by atoms with Crippen LogP contribution in [-0.4, -0.2) is 0 Å². The van der Waals surface area contributed by atoms with Crippen molar-refractivity contribution in [1.82, 2.24) is 0 Å². The molecule has 0 aromatic heterocycles. The molecule has 2 nitrogen and oxygen atoms in total. The summed E-state index contributed by atoms with van der Waals surface area (Å²) in [6.45, 7) is 2.04. The molecule has 2 heteroatoms. The van der Waals surface area contributed by atoms with Gasteiger partial charge in [0.2, 0.25) is 0 Å². The third kappa shape index (κ3) is 1.65. The van der Waals surface area contributed by atoms with Gasteiger partial charge in [-0.1, -0.05) is 11.6 Å². The van der Waals surface area contributed by atoms with Gasteiger partial charge in [-0.3, -0.25) is 0 Å². The van der Waals surface area contributed by atoms with Crippen molar-refractivity contribution >= 4 is 0 Å². The molecule has 54 valence electrons. The largest absolute Gasteiger partial charge is 0.399 e. The Labute approximate surface area is 60.9 Å². The van der Waals surface area contributed by atoms with Gasteiger partial charge >= 0.3 is 0 Å². The van der Waals surface area contributed by atoms with E-state index in [1.54, 1.807) is 6.08 Å². The molecule has 4 N–H and O–H groups in total. The Bertz CT molecular complexity index is 221. The van der Waals surface area contributed by atoms with Gasteiger partial charge in [0.05, 0.1) is 0 Å². The molecule has 0 aromatic rings. The van der Waals surface area contributed by atoms with Crippen LogP contribution in [-0.2, 0) is 0 Å². The molecule has 0 unspecified atom stereocenters. The second kappa shape index (κ2) is 2.60. The van der Waals surface area contributed by atoms with Gasteiger partial charge in [-0.15, -0.1) is 0 Å². The molecule has 0 amide bonds. The van der Waals surface area contributed by atoms with Crippen LogP contribution in [0, 0.1) is 0 Å². The molecule has 0 atom stereocenters. The molecule has 0 radical (unpaired) electrons. The lowest BCUT2D eigenvalue weighted by Gasteiger charge is -1.91. The third-order valence-electron chi connectivity index (χ3n) is 1.41. The molecule has 1 aliphatic rings. The van der Waals surface area contributed by atoms with Gasteiger partial charge in [-0.2, -0.15) is 0 Å². The standard InChI is InChI=1S/C8H12N2/c1-6-2-3-7(9)5-8(10)4-6/h3-5H,2,9-10H2,1H3. The van der Waals surface area contributed by atoms with E-state index in [9.17, 15) is 0 Å².